The first-order valence-corrected chi connectivity index (χ1v) is 9.09. The lowest BCUT2D eigenvalue weighted by Gasteiger charge is -2.40. The number of nitrogens with one attached hydrogen (secondary N) is 1. The topological polar surface area (TPSA) is 41.6 Å². The molecule has 1 aromatic carbocycles. The zero-order chi connectivity index (χ0) is 17.7. The third kappa shape index (κ3) is 5.23. The lowest BCUT2D eigenvalue weighted by molar-refractivity contribution is 0.0125. The van der Waals surface area contributed by atoms with Crippen LogP contribution < -0.4 is 5.32 Å². The Morgan fingerprint density at radius 1 is 1.33 bits per heavy atom. The van der Waals surface area contributed by atoms with E-state index in [2.05, 4.69) is 43.4 Å². The van der Waals surface area contributed by atoms with Gasteiger partial charge in [-0.25, -0.2) is 4.79 Å². The van der Waals surface area contributed by atoms with Crippen LogP contribution in [0.4, 0.5) is 4.79 Å². The molecule has 1 aliphatic rings. The van der Waals surface area contributed by atoms with Crippen LogP contribution in [0.1, 0.15) is 59.1 Å². The number of benzene rings is 1. The molecule has 1 heterocycles. The molecule has 0 spiro atoms. The molecule has 4 nitrogen and oxygen atoms in total. The summed E-state index contributed by atoms with van der Waals surface area (Å²) < 4.78 is 5.52. The number of likely N-dealkylation sites (tertiary alicyclic amines) is 1. The quantitative estimate of drug-likeness (QED) is 0.890. The molecule has 1 fully saturated rings. The second kappa shape index (κ2) is 8.02. The van der Waals surface area contributed by atoms with Crippen LogP contribution >= 0.6 is 0 Å². The third-order valence-electron chi connectivity index (χ3n) is 4.67. The number of hydrogen-bond donors (Lipinski definition) is 1. The van der Waals surface area contributed by atoms with Crippen LogP contribution in [0.2, 0.25) is 0 Å². The highest BCUT2D eigenvalue weighted by Crippen LogP contribution is 2.25. The molecular formula is C20H32N2O2. The number of amides is 1. The van der Waals surface area contributed by atoms with E-state index in [1.807, 2.05) is 31.7 Å². The van der Waals surface area contributed by atoms with Gasteiger partial charge in [0.25, 0.3) is 0 Å². The minimum absolute atomic E-state index is 0.185. The van der Waals surface area contributed by atoms with Gasteiger partial charge in [0.1, 0.15) is 5.60 Å². The second-order valence-corrected chi connectivity index (χ2v) is 7.79. The van der Waals surface area contributed by atoms with Crippen molar-refractivity contribution in [3.05, 3.63) is 35.9 Å². The number of rotatable bonds is 4. The number of ether oxygens (including phenoxy) is 1. The molecule has 24 heavy (non-hydrogen) atoms. The molecule has 1 aliphatic heterocycles. The van der Waals surface area contributed by atoms with E-state index in [-0.39, 0.29) is 6.09 Å². The molecule has 1 saturated heterocycles. The summed E-state index contributed by atoms with van der Waals surface area (Å²) in [6.45, 7) is 11.7. The minimum Gasteiger partial charge on any atom is -0.444 e. The average molecular weight is 332 g/mol. The number of carbonyl (C=O) groups excluding carboxylic acids is 1. The van der Waals surface area contributed by atoms with E-state index in [1.54, 1.807) is 0 Å². The van der Waals surface area contributed by atoms with Crippen LogP contribution in [0.25, 0.3) is 0 Å². The fraction of sp³-hybridized carbons (Fsp3) is 0.650. The monoisotopic (exact) mass is 332 g/mol. The number of piperidine rings is 1. The first kappa shape index (κ1) is 18.8. The van der Waals surface area contributed by atoms with E-state index in [4.69, 9.17) is 4.74 Å². The Balaban J connectivity index is 1.94. The van der Waals surface area contributed by atoms with Crippen molar-refractivity contribution in [3.63, 3.8) is 0 Å². The normalized spacial score (nSPS) is 23.0. The predicted molar refractivity (Wildman–Crippen MR) is 98.0 cm³/mol. The summed E-state index contributed by atoms with van der Waals surface area (Å²) in [5, 5.41) is 3.77. The van der Waals surface area contributed by atoms with E-state index in [9.17, 15) is 4.79 Å². The van der Waals surface area contributed by atoms with Gasteiger partial charge in [-0.05, 0) is 45.6 Å². The first-order chi connectivity index (χ1) is 11.3. The Labute approximate surface area is 146 Å². The highest BCUT2D eigenvalue weighted by Gasteiger charge is 2.33. The Morgan fingerprint density at radius 2 is 2.00 bits per heavy atom. The standard InChI is InChI=1S/C20H32N2O2/c1-6-16-14-22(19(23)24-20(3,4)5)13-12-18(16)21-15(2)17-10-8-7-9-11-17/h7-11,15-16,18,21H,6,12-14H2,1-5H3. The highest BCUT2D eigenvalue weighted by atomic mass is 16.6. The van der Waals surface area contributed by atoms with Gasteiger partial charge in [0.15, 0.2) is 0 Å². The van der Waals surface area contributed by atoms with E-state index >= 15 is 0 Å². The van der Waals surface area contributed by atoms with Crippen molar-refractivity contribution < 1.29 is 9.53 Å². The minimum atomic E-state index is -0.435. The molecule has 4 heteroatoms. The predicted octanol–water partition coefficient (Wildman–Crippen LogP) is 4.37. The fourth-order valence-electron chi connectivity index (χ4n) is 3.32. The van der Waals surface area contributed by atoms with E-state index in [0.29, 0.717) is 18.0 Å². The number of hydrogen-bond acceptors (Lipinski definition) is 3. The smallest absolute Gasteiger partial charge is 0.410 e. The maximum Gasteiger partial charge on any atom is 0.410 e. The van der Waals surface area contributed by atoms with Crippen LogP contribution in [0.3, 0.4) is 0 Å². The van der Waals surface area contributed by atoms with Crippen molar-refractivity contribution in [2.75, 3.05) is 13.1 Å². The van der Waals surface area contributed by atoms with E-state index < -0.39 is 5.60 Å². The van der Waals surface area contributed by atoms with Gasteiger partial charge in [-0.1, -0.05) is 43.7 Å². The molecule has 3 atom stereocenters. The molecule has 3 unspecified atom stereocenters. The summed E-state index contributed by atoms with van der Waals surface area (Å²) >= 11 is 0. The van der Waals surface area contributed by atoms with Crippen LogP contribution in [0, 0.1) is 5.92 Å². The van der Waals surface area contributed by atoms with Crippen molar-refractivity contribution in [2.45, 2.75) is 65.1 Å². The van der Waals surface area contributed by atoms with Gasteiger partial charge < -0.3 is 15.0 Å². The molecule has 0 aromatic heterocycles. The molecule has 0 aliphatic carbocycles. The number of carbonyl (C=O) groups is 1. The Bertz CT molecular complexity index is 524. The largest absolute Gasteiger partial charge is 0.444 e. The van der Waals surface area contributed by atoms with Gasteiger partial charge in [-0.3, -0.25) is 0 Å². The summed E-state index contributed by atoms with van der Waals surface area (Å²) in [5.41, 5.74) is 0.873. The van der Waals surface area contributed by atoms with Crippen molar-refractivity contribution >= 4 is 6.09 Å². The van der Waals surface area contributed by atoms with Gasteiger partial charge in [0, 0.05) is 25.2 Å². The molecule has 1 aromatic rings. The zero-order valence-electron chi connectivity index (χ0n) is 15.7. The zero-order valence-corrected chi connectivity index (χ0v) is 15.7. The first-order valence-electron chi connectivity index (χ1n) is 9.09. The summed E-state index contributed by atoms with van der Waals surface area (Å²) in [6.07, 6.45) is 1.84. The molecule has 134 valence electrons. The Kier molecular flexibility index (Phi) is 6.27. The van der Waals surface area contributed by atoms with Crippen LogP contribution in [0.15, 0.2) is 30.3 Å². The van der Waals surface area contributed by atoms with Gasteiger partial charge in [-0.15, -0.1) is 0 Å². The fourth-order valence-corrected chi connectivity index (χ4v) is 3.32. The maximum atomic E-state index is 12.3. The van der Waals surface area contributed by atoms with Crippen molar-refractivity contribution in [1.82, 2.24) is 10.2 Å². The Morgan fingerprint density at radius 3 is 2.58 bits per heavy atom. The summed E-state index contributed by atoms with van der Waals surface area (Å²) in [6, 6.07) is 11.3. The lowest BCUT2D eigenvalue weighted by atomic mass is 9.89. The van der Waals surface area contributed by atoms with Gasteiger partial charge in [0.05, 0.1) is 0 Å². The van der Waals surface area contributed by atoms with Gasteiger partial charge in [-0.2, -0.15) is 0 Å². The molecule has 1 N–H and O–H groups in total. The molecular weight excluding hydrogens is 300 g/mol. The SMILES string of the molecule is CCC1CN(C(=O)OC(C)(C)C)CCC1NC(C)c1ccccc1. The van der Waals surface area contributed by atoms with Crippen molar-refractivity contribution in [1.29, 1.82) is 0 Å². The summed E-state index contributed by atoms with van der Waals surface area (Å²) in [5.74, 6) is 0.456. The summed E-state index contributed by atoms with van der Waals surface area (Å²) in [7, 11) is 0. The number of nitrogens with zero attached hydrogens (tertiary/aromatic N) is 1. The molecule has 0 bridgehead atoms. The van der Waals surface area contributed by atoms with Gasteiger partial charge >= 0.3 is 6.09 Å². The molecule has 0 radical (unpaired) electrons. The maximum absolute atomic E-state index is 12.3. The van der Waals surface area contributed by atoms with Crippen LogP contribution in [0.5, 0.6) is 0 Å². The van der Waals surface area contributed by atoms with Gasteiger partial charge in [0.2, 0.25) is 0 Å². The molecule has 0 saturated carbocycles. The molecule has 2 rings (SSSR count). The van der Waals surface area contributed by atoms with Crippen molar-refractivity contribution in [2.24, 2.45) is 5.92 Å². The summed E-state index contributed by atoms with van der Waals surface area (Å²) in [4.78, 5) is 14.2. The van der Waals surface area contributed by atoms with Crippen molar-refractivity contribution in [3.8, 4) is 0 Å². The lowest BCUT2D eigenvalue weighted by Crippen LogP contribution is -2.52. The second-order valence-electron chi connectivity index (χ2n) is 7.79. The van der Waals surface area contributed by atoms with Crippen LogP contribution in [-0.4, -0.2) is 35.7 Å². The van der Waals surface area contributed by atoms with Crippen LogP contribution in [-0.2, 0) is 4.74 Å². The average Bonchev–Trinajstić information content (AvgIpc) is 2.54. The molecule has 1 amide bonds. The Hall–Kier alpha value is -1.55. The third-order valence-corrected chi connectivity index (χ3v) is 4.67. The van der Waals surface area contributed by atoms with E-state index in [0.717, 1.165) is 25.9 Å². The van der Waals surface area contributed by atoms with E-state index in [1.165, 1.54) is 5.56 Å². The highest BCUT2D eigenvalue weighted by molar-refractivity contribution is 5.68.